The third kappa shape index (κ3) is 25.6. The highest BCUT2D eigenvalue weighted by Crippen LogP contribution is 2.32. The maximum absolute atomic E-state index is 14.8. The van der Waals surface area contributed by atoms with E-state index < -0.39 is 114 Å². The molecule has 556 valence electrons. The van der Waals surface area contributed by atoms with Gasteiger partial charge < -0.3 is 71.2 Å². The second kappa shape index (κ2) is 42.2. The highest BCUT2D eigenvalue weighted by atomic mass is 16.7. The predicted octanol–water partition coefficient (Wildman–Crippen LogP) is 4.67. The third-order valence-electron chi connectivity index (χ3n) is 19.5. The zero-order valence-corrected chi connectivity index (χ0v) is 61.7. The zero-order chi connectivity index (χ0) is 73.8. The minimum Gasteiger partial charge on any atom is -0.481 e. The Hall–Kier alpha value is -7.01. The van der Waals surface area contributed by atoms with E-state index in [1.807, 2.05) is 74.4 Å². The van der Waals surface area contributed by atoms with Crippen LogP contribution in [0.2, 0.25) is 0 Å². The van der Waals surface area contributed by atoms with Crippen molar-refractivity contribution >= 4 is 70.9 Å². The monoisotopic (exact) mass is 1380 g/mol. The Bertz CT molecular complexity index is 2740. The van der Waals surface area contributed by atoms with Crippen LogP contribution in [0.3, 0.4) is 0 Å². The van der Waals surface area contributed by atoms with E-state index in [0.29, 0.717) is 69.4 Å². The van der Waals surface area contributed by atoms with Crippen molar-refractivity contribution in [3.8, 4) is 0 Å². The van der Waals surface area contributed by atoms with Gasteiger partial charge in [0.15, 0.2) is 0 Å². The van der Waals surface area contributed by atoms with E-state index in [9.17, 15) is 57.8 Å². The number of aliphatic carboxylic acids is 1. The molecule has 2 aliphatic heterocycles. The second-order valence-corrected chi connectivity index (χ2v) is 27.9. The SMILES string of the molecule is CC[C@H](C)[C@@H]([C@@H](CC(=O)N1CCC[C@H]1[C@H](OC)[C@@H](C)C(=O)N(C)[C@@H]([C@@H](C)CC)[C@@H](CC(=O)NOCc1ccc(NC(=O)[C@@H](CCCNC(N)=O)NC(=O)C(NC(=O)CCCC(=O)N2CCC(C(=O)O)CC2)C(C)C)cc1)OC)OC)N(C)C(=O)[C@@H](NC(=O)C(C(C)C)N(C)C)C(C)C. The first-order valence-electron chi connectivity index (χ1n) is 35.0. The minimum atomic E-state index is -1.11. The fourth-order valence-electron chi connectivity index (χ4n) is 13.6. The number of benzene rings is 1. The summed E-state index contributed by atoms with van der Waals surface area (Å²) >= 11 is 0. The number of rotatable bonds is 42. The number of hydroxylamine groups is 1. The van der Waals surface area contributed by atoms with E-state index in [0.717, 1.165) is 0 Å². The number of nitrogens with one attached hydrogen (secondary N) is 6. The normalized spacial score (nSPS) is 18.0. The fourth-order valence-corrected chi connectivity index (χ4v) is 13.6. The number of hydrogen-bond acceptors (Lipinski definition) is 16. The zero-order valence-electron chi connectivity index (χ0n) is 61.7. The lowest BCUT2D eigenvalue weighted by molar-refractivity contribution is -0.152. The number of likely N-dealkylation sites (tertiary alicyclic amines) is 2. The molecule has 0 bridgehead atoms. The van der Waals surface area contributed by atoms with E-state index >= 15 is 0 Å². The molecule has 0 aromatic heterocycles. The number of piperidine rings is 1. The molecule has 2 aliphatic rings. The van der Waals surface area contributed by atoms with Crippen LogP contribution in [0.15, 0.2) is 24.3 Å². The van der Waals surface area contributed by atoms with Gasteiger partial charge in [0.1, 0.15) is 18.1 Å². The van der Waals surface area contributed by atoms with Gasteiger partial charge in [0.2, 0.25) is 53.2 Å². The quantitative estimate of drug-likeness (QED) is 0.0326. The Kier molecular flexibility index (Phi) is 36.7. The van der Waals surface area contributed by atoms with Crippen LogP contribution in [0.1, 0.15) is 165 Å². The summed E-state index contributed by atoms with van der Waals surface area (Å²) in [5, 5.41) is 23.1. The predicted molar refractivity (Wildman–Crippen MR) is 371 cm³/mol. The number of carbonyl (C=O) groups is 11. The summed E-state index contributed by atoms with van der Waals surface area (Å²) in [5.74, 6) is -6.32. The number of primary amides is 1. The van der Waals surface area contributed by atoms with Crippen molar-refractivity contribution in [2.75, 3.05) is 81.0 Å². The number of anilines is 1. The molecular weight excluding hydrogens is 1260 g/mol. The van der Waals surface area contributed by atoms with Gasteiger partial charge in [-0.3, -0.25) is 57.7 Å². The minimum absolute atomic E-state index is 0.00272. The van der Waals surface area contributed by atoms with E-state index in [1.54, 1.807) is 78.7 Å². The van der Waals surface area contributed by atoms with Gasteiger partial charge in [-0.05, 0) is 106 Å². The molecule has 0 spiro atoms. The highest BCUT2D eigenvalue weighted by molar-refractivity contribution is 5.98. The van der Waals surface area contributed by atoms with Gasteiger partial charge in [0.25, 0.3) is 0 Å². The Balaban J connectivity index is 1.67. The van der Waals surface area contributed by atoms with E-state index in [4.69, 9.17) is 24.8 Å². The first-order chi connectivity index (χ1) is 46.2. The smallest absolute Gasteiger partial charge is 0.312 e. The topological polar surface area (TPSA) is 359 Å². The van der Waals surface area contributed by atoms with Crippen LogP contribution in [0, 0.1) is 41.4 Å². The van der Waals surface area contributed by atoms with Crippen LogP contribution in [-0.4, -0.2) is 231 Å². The van der Waals surface area contributed by atoms with Crippen molar-refractivity contribution < 1.29 is 76.9 Å². The molecule has 0 radical (unpaired) electrons. The van der Waals surface area contributed by atoms with E-state index in [2.05, 4.69) is 32.1 Å². The maximum Gasteiger partial charge on any atom is 0.312 e. The molecule has 2 unspecified atom stereocenters. The molecule has 13 atom stereocenters. The summed E-state index contributed by atoms with van der Waals surface area (Å²) in [5.41, 5.74) is 8.73. The lowest BCUT2D eigenvalue weighted by Crippen LogP contribution is -2.59. The van der Waals surface area contributed by atoms with Gasteiger partial charge in [0.05, 0.1) is 73.8 Å². The Morgan fingerprint density at radius 3 is 1.71 bits per heavy atom. The molecule has 28 nitrogen and oxygen atoms in total. The number of urea groups is 1. The highest BCUT2D eigenvalue weighted by Gasteiger charge is 2.45. The molecule has 3 rings (SSSR count). The van der Waals surface area contributed by atoms with Gasteiger partial charge >= 0.3 is 12.0 Å². The molecular formula is C70H120N12O16. The van der Waals surface area contributed by atoms with Crippen LogP contribution in [0.25, 0.3) is 0 Å². The van der Waals surface area contributed by atoms with Crippen LogP contribution in [-0.2, 0) is 73.6 Å². The van der Waals surface area contributed by atoms with E-state index in [-0.39, 0.29) is 111 Å². The van der Waals surface area contributed by atoms with Crippen molar-refractivity contribution in [2.45, 2.75) is 227 Å². The summed E-state index contributed by atoms with van der Waals surface area (Å²) in [6.45, 7) is 22.1. The van der Waals surface area contributed by atoms with E-state index in [1.165, 1.54) is 21.3 Å². The number of nitrogens with two attached hydrogens (primary N) is 1. The molecule has 2 saturated heterocycles. The first kappa shape index (κ1) is 85.2. The van der Waals surface area contributed by atoms with Crippen molar-refractivity contribution in [3.05, 3.63) is 29.8 Å². The number of methoxy groups -OCH3 is 3. The molecule has 2 heterocycles. The number of amides is 11. The van der Waals surface area contributed by atoms with Crippen molar-refractivity contribution in [1.82, 2.24) is 51.2 Å². The summed E-state index contributed by atoms with van der Waals surface area (Å²) in [6, 6.07) is 0.813. The van der Waals surface area contributed by atoms with Gasteiger partial charge in [0, 0.05) is 80.1 Å². The van der Waals surface area contributed by atoms with Crippen LogP contribution in [0.4, 0.5) is 10.5 Å². The van der Waals surface area contributed by atoms with Gasteiger partial charge in [-0.2, -0.15) is 0 Å². The van der Waals surface area contributed by atoms with Crippen molar-refractivity contribution in [1.29, 1.82) is 0 Å². The Morgan fingerprint density at radius 1 is 0.633 bits per heavy atom. The number of ether oxygens (including phenoxy) is 3. The van der Waals surface area contributed by atoms with Crippen LogP contribution in [0.5, 0.6) is 0 Å². The third-order valence-corrected chi connectivity index (χ3v) is 19.5. The Morgan fingerprint density at radius 2 is 1.20 bits per heavy atom. The maximum atomic E-state index is 14.8. The molecule has 11 amide bonds. The second-order valence-electron chi connectivity index (χ2n) is 27.9. The largest absolute Gasteiger partial charge is 0.481 e. The lowest BCUT2D eigenvalue weighted by Gasteiger charge is -2.42. The number of likely N-dealkylation sites (N-methyl/N-ethyl adjacent to an activating group) is 3. The molecule has 1 aromatic rings. The molecule has 1 aromatic carbocycles. The average molecular weight is 1390 g/mol. The number of carboxylic acids is 1. The first-order valence-corrected chi connectivity index (χ1v) is 35.0. The van der Waals surface area contributed by atoms with Gasteiger partial charge in [-0.25, -0.2) is 10.3 Å². The van der Waals surface area contributed by atoms with Crippen molar-refractivity contribution in [3.63, 3.8) is 0 Å². The number of carbonyl (C=O) groups excluding carboxylic acids is 10. The van der Waals surface area contributed by atoms with Gasteiger partial charge in [-0.15, -0.1) is 0 Å². The molecule has 2 fully saturated rings. The van der Waals surface area contributed by atoms with Crippen LogP contribution < -0.4 is 37.8 Å². The number of carboxylic acid groups (broad SMARTS) is 1. The summed E-state index contributed by atoms with van der Waals surface area (Å²) in [4.78, 5) is 162. The fraction of sp³-hybridized carbons (Fsp3) is 0.757. The van der Waals surface area contributed by atoms with Crippen LogP contribution >= 0.6 is 0 Å². The molecule has 28 heteroatoms. The van der Waals surface area contributed by atoms with Gasteiger partial charge in [-0.1, -0.05) is 101 Å². The molecule has 0 aliphatic carbocycles. The summed E-state index contributed by atoms with van der Waals surface area (Å²) in [6.07, 6.45) is 1.47. The molecule has 9 N–H and O–H groups in total. The van der Waals surface area contributed by atoms with Crippen molar-refractivity contribution in [2.24, 2.45) is 47.2 Å². The summed E-state index contributed by atoms with van der Waals surface area (Å²) in [7, 11) is 11.6. The lowest BCUT2D eigenvalue weighted by atomic mass is 9.88. The molecule has 98 heavy (non-hydrogen) atoms. The number of nitrogens with zero attached hydrogens (tertiary/aromatic N) is 5. The Labute approximate surface area is 581 Å². The average Bonchev–Trinajstić information content (AvgIpc) is 1.52. The standard InChI is InChI=1S/C70H120N12O16/c1-19-44(9)61(79(14)67(90)46(11)63(97-18)51-25-23-35-82(51)57(86)39-53(96-17)62(45(10)20-2)80(15)68(91)59(42(5)6)76-66(89)60(43(7)8)78(12)13)52(95-16)38-55(84)77-98-40-47-28-30-49(31-29-47)73-64(87)50(24-22-34-72-70(71)94)74-65(88)58(41(3)4)75-54(83)26-21-27-56(85)81-36-32-48(33-37-81)69(92)93/h28-31,41-46,48,50-53,58-63H,19-27,32-40H2,1-18H3,(H,73,87)(H,74,88)(H,75,83)(H,76,89)(H,77,84)(H,92,93)(H3,71,72,94)/t44-,45-,46+,50+,51-,52+,53+,58?,59-,60?,61-,62-,63+/m0/s1. The summed E-state index contributed by atoms with van der Waals surface area (Å²) < 4.78 is 18.2. The number of hydrogen-bond donors (Lipinski definition) is 8. The molecule has 0 saturated carbocycles.